The van der Waals surface area contributed by atoms with Gasteiger partial charge >= 0.3 is 0 Å². The van der Waals surface area contributed by atoms with E-state index in [2.05, 4.69) is 80.7 Å². The predicted octanol–water partition coefficient (Wildman–Crippen LogP) is 5.49. The van der Waals surface area contributed by atoms with Crippen molar-refractivity contribution in [2.45, 2.75) is 33.4 Å². The van der Waals surface area contributed by atoms with Crippen molar-refractivity contribution in [3.8, 4) is 5.69 Å². The van der Waals surface area contributed by atoms with E-state index in [1.165, 1.54) is 27.6 Å². The Hall–Kier alpha value is -2.91. The minimum absolute atomic E-state index is 0.259. The highest BCUT2D eigenvalue weighted by atomic mass is 15.3. The van der Waals surface area contributed by atoms with E-state index >= 15 is 0 Å². The lowest BCUT2D eigenvalue weighted by atomic mass is 9.99. The van der Waals surface area contributed by atoms with Crippen molar-refractivity contribution in [3.05, 3.63) is 95.3 Å². The van der Waals surface area contributed by atoms with E-state index in [0.29, 0.717) is 0 Å². The molecule has 3 heteroatoms. The molecule has 4 rings (SSSR count). The summed E-state index contributed by atoms with van der Waals surface area (Å²) in [6.45, 7) is 7.27. The first-order valence-electron chi connectivity index (χ1n) is 9.46. The Bertz CT molecular complexity index is 1060. The lowest BCUT2D eigenvalue weighted by molar-refractivity contribution is 0.575. The monoisotopic (exact) mass is 355 g/mol. The highest BCUT2D eigenvalue weighted by molar-refractivity contribution is 5.86. The third kappa shape index (κ3) is 3.38. The molecule has 1 aromatic heterocycles. The summed E-state index contributed by atoms with van der Waals surface area (Å²) < 4.78 is 2.04. The van der Waals surface area contributed by atoms with Crippen LogP contribution in [0.2, 0.25) is 0 Å². The molecule has 136 valence electrons. The molecule has 0 aliphatic heterocycles. The fraction of sp³-hybridized carbons (Fsp3) is 0.208. The lowest BCUT2D eigenvalue weighted by Crippen LogP contribution is -2.19. The van der Waals surface area contributed by atoms with E-state index in [9.17, 15) is 0 Å². The Balaban J connectivity index is 1.58. The van der Waals surface area contributed by atoms with Crippen molar-refractivity contribution < 1.29 is 0 Å². The smallest absolute Gasteiger partial charge is 0.0648 e. The van der Waals surface area contributed by atoms with Gasteiger partial charge in [-0.05, 0) is 49.2 Å². The van der Waals surface area contributed by atoms with Crippen LogP contribution in [0.15, 0.2) is 72.8 Å². The van der Waals surface area contributed by atoms with Crippen molar-refractivity contribution in [1.29, 1.82) is 0 Å². The second-order valence-electron chi connectivity index (χ2n) is 7.07. The molecular formula is C24H25N3. The van der Waals surface area contributed by atoms with Crippen LogP contribution >= 0.6 is 0 Å². The van der Waals surface area contributed by atoms with Gasteiger partial charge in [-0.3, -0.25) is 0 Å². The summed E-state index contributed by atoms with van der Waals surface area (Å²) in [6, 6.07) is 25.7. The summed E-state index contributed by atoms with van der Waals surface area (Å²) >= 11 is 0. The highest BCUT2D eigenvalue weighted by Crippen LogP contribution is 2.25. The molecule has 0 fully saturated rings. The third-order valence-electron chi connectivity index (χ3n) is 5.32. The summed E-state index contributed by atoms with van der Waals surface area (Å²) in [6.07, 6.45) is 0. The molecule has 0 saturated carbocycles. The minimum atomic E-state index is 0.259. The normalized spacial score (nSPS) is 12.4. The number of nitrogens with zero attached hydrogens (tertiary/aromatic N) is 2. The quantitative estimate of drug-likeness (QED) is 0.513. The zero-order valence-corrected chi connectivity index (χ0v) is 16.1. The third-order valence-corrected chi connectivity index (χ3v) is 5.32. The van der Waals surface area contributed by atoms with Crippen LogP contribution in [0.3, 0.4) is 0 Å². The predicted molar refractivity (Wildman–Crippen MR) is 112 cm³/mol. The Morgan fingerprint density at radius 3 is 2.41 bits per heavy atom. The molecule has 0 aliphatic rings. The number of aromatic nitrogens is 2. The average molecular weight is 355 g/mol. The maximum absolute atomic E-state index is 4.76. The number of rotatable bonds is 5. The van der Waals surface area contributed by atoms with Crippen molar-refractivity contribution >= 4 is 10.8 Å². The SMILES string of the molecule is Cc1nn(-c2ccccc2)c(C)c1CNC(C)c1cccc2ccccc12. The summed E-state index contributed by atoms with van der Waals surface area (Å²) in [4.78, 5) is 0. The highest BCUT2D eigenvalue weighted by Gasteiger charge is 2.15. The van der Waals surface area contributed by atoms with Gasteiger partial charge in [0.2, 0.25) is 0 Å². The molecule has 4 aromatic rings. The van der Waals surface area contributed by atoms with Gasteiger partial charge in [-0.25, -0.2) is 4.68 Å². The van der Waals surface area contributed by atoms with Crippen LogP contribution in [0.1, 0.15) is 35.5 Å². The Morgan fingerprint density at radius 1 is 0.889 bits per heavy atom. The van der Waals surface area contributed by atoms with Gasteiger partial charge < -0.3 is 5.32 Å². The van der Waals surface area contributed by atoms with E-state index in [4.69, 9.17) is 5.10 Å². The van der Waals surface area contributed by atoms with Crippen LogP contribution in [-0.2, 0) is 6.54 Å². The fourth-order valence-electron chi connectivity index (χ4n) is 3.74. The maximum Gasteiger partial charge on any atom is 0.0648 e. The Labute approximate surface area is 160 Å². The molecule has 0 amide bonds. The van der Waals surface area contributed by atoms with Crippen molar-refractivity contribution in [2.75, 3.05) is 0 Å². The lowest BCUT2D eigenvalue weighted by Gasteiger charge is -2.17. The van der Waals surface area contributed by atoms with Crippen LogP contribution in [0.4, 0.5) is 0 Å². The van der Waals surface area contributed by atoms with Gasteiger partial charge in [0.05, 0.1) is 11.4 Å². The summed E-state index contributed by atoms with van der Waals surface area (Å²) in [5.74, 6) is 0. The van der Waals surface area contributed by atoms with E-state index in [0.717, 1.165) is 17.9 Å². The van der Waals surface area contributed by atoms with Gasteiger partial charge in [0, 0.05) is 23.8 Å². The van der Waals surface area contributed by atoms with Crippen LogP contribution in [0.5, 0.6) is 0 Å². The molecule has 0 bridgehead atoms. The molecule has 1 unspecified atom stereocenters. The summed E-state index contributed by atoms with van der Waals surface area (Å²) in [5, 5.41) is 11.1. The Morgan fingerprint density at radius 2 is 1.59 bits per heavy atom. The van der Waals surface area contributed by atoms with E-state index in [1.807, 2.05) is 22.9 Å². The summed E-state index contributed by atoms with van der Waals surface area (Å²) in [5.41, 5.74) is 5.97. The zero-order valence-electron chi connectivity index (χ0n) is 16.1. The number of para-hydroxylation sites is 1. The molecule has 3 nitrogen and oxygen atoms in total. The van der Waals surface area contributed by atoms with Gasteiger partial charge in [0.1, 0.15) is 0 Å². The average Bonchev–Trinajstić information content (AvgIpc) is 3.00. The molecule has 0 aliphatic carbocycles. The van der Waals surface area contributed by atoms with Crippen molar-refractivity contribution in [1.82, 2.24) is 15.1 Å². The molecule has 1 heterocycles. The van der Waals surface area contributed by atoms with Gasteiger partial charge in [0.15, 0.2) is 0 Å². The molecule has 0 saturated heterocycles. The van der Waals surface area contributed by atoms with Gasteiger partial charge in [0.25, 0.3) is 0 Å². The Kier molecular flexibility index (Phi) is 4.78. The molecule has 27 heavy (non-hydrogen) atoms. The van der Waals surface area contributed by atoms with Crippen LogP contribution in [0.25, 0.3) is 16.5 Å². The fourth-order valence-corrected chi connectivity index (χ4v) is 3.74. The van der Waals surface area contributed by atoms with E-state index < -0.39 is 0 Å². The van der Waals surface area contributed by atoms with Crippen molar-refractivity contribution in [3.63, 3.8) is 0 Å². The second-order valence-corrected chi connectivity index (χ2v) is 7.07. The van der Waals surface area contributed by atoms with Crippen LogP contribution < -0.4 is 5.32 Å². The molecule has 0 spiro atoms. The maximum atomic E-state index is 4.76. The molecule has 1 N–H and O–H groups in total. The molecule has 0 radical (unpaired) electrons. The first-order chi connectivity index (χ1) is 13.1. The number of hydrogen-bond acceptors (Lipinski definition) is 2. The largest absolute Gasteiger partial charge is 0.306 e. The minimum Gasteiger partial charge on any atom is -0.306 e. The standard InChI is InChI=1S/C24H25N3/c1-17(22-15-9-11-20-10-7-8-14-23(20)22)25-16-24-18(2)26-27(19(24)3)21-12-5-4-6-13-21/h4-15,17,25H,16H2,1-3H3. The number of benzene rings is 3. The first kappa shape index (κ1) is 17.5. The van der Waals surface area contributed by atoms with Gasteiger partial charge in [-0.15, -0.1) is 0 Å². The molecule has 1 atom stereocenters. The summed E-state index contributed by atoms with van der Waals surface area (Å²) in [7, 11) is 0. The van der Waals surface area contributed by atoms with E-state index in [-0.39, 0.29) is 6.04 Å². The number of nitrogens with one attached hydrogen (secondary N) is 1. The number of hydrogen-bond donors (Lipinski definition) is 1. The molecular weight excluding hydrogens is 330 g/mol. The van der Waals surface area contributed by atoms with Crippen molar-refractivity contribution in [2.24, 2.45) is 0 Å². The first-order valence-corrected chi connectivity index (χ1v) is 9.46. The van der Waals surface area contributed by atoms with Gasteiger partial charge in [-0.2, -0.15) is 5.10 Å². The number of aryl methyl sites for hydroxylation is 1. The van der Waals surface area contributed by atoms with E-state index in [1.54, 1.807) is 0 Å². The zero-order chi connectivity index (χ0) is 18.8. The van der Waals surface area contributed by atoms with Crippen LogP contribution in [-0.4, -0.2) is 9.78 Å². The molecule has 3 aromatic carbocycles. The topological polar surface area (TPSA) is 29.9 Å². The second kappa shape index (κ2) is 7.37. The number of fused-ring (bicyclic) bond motifs is 1. The van der Waals surface area contributed by atoms with Crippen LogP contribution in [0, 0.1) is 13.8 Å². The van der Waals surface area contributed by atoms with Gasteiger partial charge in [-0.1, -0.05) is 60.7 Å².